The van der Waals surface area contributed by atoms with Crippen molar-refractivity contribution in [1.29, 1.82) is 0 Å². The van der Waals surface area contributed by atoms with Crippen LogP contribution in [0.15, 0.2) is 6.07 Å². The lowest BCUT2D eigenvalue weighted by atomic mass is 9.97. The number of ketones is 2. The second-order valence-corrected chi connectivity index (χ2v) is 4.86. The Morgan fingerprint density at radius 2 is 1.82 bits per heavy atom. The smallest absolute Gasteiger partial charge is 0.345 e. The summed E-state index contributed by atoms with van der Waals surface area (Å²) in [5.41, 5.74) is 0.145. The Kier molecular flexibility index (Phi) is 1.98. The van der Waals surface area contributed by atoms with Gasteiger partial charge in [-0.2, -0.15) is 8.75 Å². The monoisotopic (exact) mass is 266 g/mol. The molecule has 0 amide bonds. The van der Waals surface area contributed by atoms with Crippen LogP contribution in [-0.4, -0.2) is 31.4 Å². The Morgan fingerprint density at radius 3 is 2.47 bits per heavy atom. The second-order valence-electron chi connectivity index (χ2n) is 3.28. The van der Waals surface area contributed by atoms with Crippen LogP contribution in [0.25, 0.3) is 0 Å². The molecule has 0 spiro atoms. The highest BCUT2D eigenvalue weighted by Crippen LogP contribution is 2.32. The highest BCUT2D eigenvalue weighted by molar-refractivity contribution is 7.16. The van der Waals surface area contributed by atoms with E-state index in [2.05, 4.69) is 8.75 Å². The standard InChI is InChI=1S/C9H2N2O4S2/c12-6-2-1-3(9(14)15)16-8(2)7(13)5-4(6)10-17-11-5/h1H,(H,14,15). The third-order valence-electron chi connectivity index (χ3n) is 2.31. The minimum atomic E-state index is -1.16. The van der Waals surface area contributed by atoms with Crippen LogP contribution in [0.5, 0.6) is 0 Å². The molecule has 0 bridgehead atoms. The molecule has 17 heavy (non-hydrogen) atoms. The first-order valence-electron chi connectivity index (χ1n) is 4.38. The van der Waals surface area contributed by atoms with Crippen molar-refractivity contribution in [3.05, 3.63) is 32.8 Å². The van der Waals surface area contributed by atoms with E-state index in [1.165, 1.54) is 6.07 Å². The Bertz CT molecular complexity index is 637. The maximum absolute atomic E-state index is 11.9. The fourth-order valence-electron chi connectivity index (χ4n) is 1.56. The largest absolute Gasteiger partial charge is 0.477 e. The van der Waals surface area contributed by atoms with E-state index in [9.17, 15) is 14.4 Å². The van der Waals surface area contributed by atoms with Crippen LogP contribution in [-0.2, 0) is 0 Å². The fourth-order valence-corrected chi connectivity index (χ4v) is 3.03. The zero-order chi connectivity index (χ0) is 12.2. The number of fused-ring (bicyclic) bond motifs is 2. The van der Waals surface area contributed by atoms with Crippen LogP contribution in [0.3, 0.4) is 0 Å². The van der Waals surface area contributed by atoms with Crippen molar-refractivity contribution in [2.45, 2.75) is 0 Å². The molecule has 0 saturated carbocycles. The molecule has 84 valence electrons. The molecule has 0 aliphatic heterocycles. The maximum Gasteiger partial charge on any atom is 0.345 e. The van der Waals surface area contributed by atoms with Crippen molar-refractivity contribution in [3.8, 4) is 0 Å². The van der Waals surface area contributed by atoms with Crippen molar-refractivity contribution >= 4 is 40.6 Å². The third kappa shape index (κ3) is 1.28. The normalized spacial score (nSPS) is 13.4. The van der Waals surface area contributed by atoms with Gasteiger partial charge in [0.2, 0.25) is 11.6 Å². The van der Waals surface area contributed by atoms with Crippen molar-refractivity contribution in [1.82, 2.24) is 8.75 Å². The van der Waals surface area contributed by atoms with E-state index in [4.69, 9.17) is 5.11 Å². The predicted octanol–water partition coefficient (Wildman–Crippen LogP) is 1.07. The molecular weight excluding hydrogens is 264 g/mol. The van der Waals surface area contributed by atoms with Crippen LogP contribution < -0.4 is 0 Å². The average Bonchev–Trinajstić information content (AvgIpc) is 2.92. The molecule has 0 unspecified atom stereocenters. The van der Waals surface area contributed by atoms with Gasteiger partial charge in [0.15, 0.2) is 11.4 Å². The summed E-state index contributed by atoms with van der Waals surface area (Å²) in [6, 6.07) is 1.21. The SMILES string of the molecule is O=C(O)c1cc2c(s1)C(=O)c1nsnc1C2=O. The van der Waals surface area contributed by atoms with E-state index >= 15 is 0 Å². The van der Waals surface area contributed by atoms with Gasteiger partial charge in [-0.15, -0.1) is 11.3 Å². The Balaban J connectivity index is 2.27. The number of hydrogen-bond acceptors (Lipinski definition) is 7. The van der Waals surface area contributed by atoms with E-state index in [-0.39, 0.29) is 26.7 Å². The van der Waals surface area contributed by atoms with Gasteiger partial charge in [0.1, 0.15) is 4.88 Å². The van der Waals surface area contributed by atoms with E-state index in [1.54, 1.807) is 0 Å². The molecule has 1 aliphatic rings. The second kappa shape index (κ2) is 3.28. The van der Waals surface area contributed by atoms with E-state index in [0.29, 0.717) is 0 Å². The number of thiophene rings is 1. The van der Waals surface area contributed by atoms with Gasteiger partial charge < -0.3 is 5.11 Å². The molecule has 0 radical (unpaired) electrons. The summed E-state index contributed by atoms with van der Waals surface area (Å²) in [6.07, 6.45) is 0. The van der Waals surface area contributed by atoms with Crippen LogP contribution in [0.4, 0.5) is 0 Å². The number of aromatic nitrogens is 2. The molecule has 0 fully saturated rings. The number of nitrogens with zero attached hydrogens (tertiary/aromatic N) is 2. The lowest BCUT2D eigenvalue weighted by molar-refractivity contribution is 0.0702. The number of carbonyl (C=O) groups excluding carboxylic acids is 2. The van der Waals surface area contributed by atoms with E-state index in [1.807, 2.05) is 0 Å². The molecule has 2 aromatic heterocycles. The Morgan fingerprint density at radius 1 is 1.18 bits per heavy atom. The van der Waals surface area contributed by atoms with Gasteiger partial charge >= 0.3 is 5.97 Å². The third-order valence-corrected chi connectivity index (χ3v) is 3.96. The number of carbonyl (C=O) groups is 3. The molecule has 1 aliphatic carbocycles. The number of carboxylic acid groups (broad SMARTS) is 1. The quantitative estimate of drug-likeness (QED) is 0.707. The highest BCUT2D eigenvalue weighted by atomic mass is 32.1. The molecule has 2 heterocycles. The first-order chi connectivity index (χ1) is 8.09. The molecule has 0 saturated heterocycles. The van der Waals surface area contributed by atoms with Gasteiger partial charge in [-0.25, -0.2) is 4.79 Å². The van der Waals surface area contributed by atoms with E-state index < -0.39 is 17.5 Å². The molecule has 3 rings (SSSR count). The zero-order valence-corrected chi connectivity index (χ0v) is 9.59. The van der Waals surface area contributed by atoms with Gasteiger partial charge in [0.25, 0.3) is 0 Å². The lowest BCUT2D eigenvalue weighted by Crippen LogP contribution is -2.18. The van der Waals surface area contributed by atoms with Crippen LogP contribution in [0, 0.1) is 0 Å². The molecule has 1 N–H and O–H groups in total. The summed E-state index contributed by atoms with van der Waals surface area (Å²) in [5.74, 6) is -2.03. The van der Waals surface area contributed by atoms with Gasteiger partial charge in [0.05, 0.1) is 16.6 Å². The van der Waals surface area contributed by atoms with Crippen LogP contribution >= 0.6 is 23.1 Å². The number of rotatable bonds is 1. The molecule has 6 nitrogen and oxygen atoms in total. The molecule has 8 heteroatoms. The van der Waals surface area contributed by atoms with Gasteiger partial charge in [0, 0.05) is 5.56 Å². The Hall–Kier alpha value is -1.93. The maximum atomic E-state index is 11.9. The summed E-state index contributed by atoms with van der Waals surface area (Å²) in [4.78, 5) is 34.7. The number of aromatic carboxylic acids is 1. The topological polar surface area (TPSA) is 97.2 Å². The van der Waals surface area contributed by atoms with Gasteiger partial charge in [-0.05, 0) is 6.07 Å². The van der Waals surface area contributed by atoms with Crippen LogP contribution in [0.1, 0.15) is 41.1 Å². The van der Waals surface area contributed by atoms with Gasteiger partial charge in [-0.1, -0.05) is 0 Å². The fraction of sp³-hybridized carbons (Fsp3) is 0. The average molecular weight is 266 g/mol. The van der Waals surface area contributed by atoms with Crippen molar-refractivity contribution in [3.63, 3.8) is 0 Å². The lowest BCUT2D eigenvalue weighted by Gasteiger charge is -2.05. The minimum absolute atomic E-state index is 0.0160. The van der Waals surface area contributed by atoms with Crippen molar-refractivity contribution in [2.24, 2.45) is 0 Å². The van der Waals surface area contributed by atoms with Crippen molar-refractivity contribution < 1.29 is 19.5 Å². The molecule has 0 aromatic carbocycles. The summed E-state index contributed by atoms with van der Waals surface area (Å²) in [7, 11) is 0. The number of carboxylic acids is 1. The van der Waals surface area contributed by atoms with Gasteiger partial charge in [-0.3, -0.25) is 9.59 Å². The minimum Gasteiger partial charge on any atom is -0.477 e. The highest BCUT2D eigenvalue weighted by Gasteiger charge is 2.36. The molecular formula is C9H2N2O4S2. The first kappa shape index (κ1) is 10.2. The first-order valence-corrected chi connectivity index (χ1v) is 5.93. The summed E-state index contributed by atoms with van der Waals surface area (Å²) in [5, 5.41) is 8.83. The Labute approximate surface area is 102 Å². The van der Waals surface area contributed by atoms with Crippen LogP contribution in [0.2, 0.25) is 0 Å². The predicted molar refractivity (Wildman–Crippen MR) is 58.1 cm³/mol. The number of hydrogen-bond donors (Lipinski definition) is 1. The zero-order valence-electron chi connectivity index (χ0n) is 7.96. The van der Waals surface area contributed by atoms with E-state index in [0.717, 1.165) is 23.1 Å². The molecule has 2 aromatic rings. The summed E-state index contributed by atoms with van der Waals surface area (Å²) >= 11 is 1.58. The van der Waals surface area contributed by atoms with Crippen molar-refractivity contribution in [2.75, 3.05) is 0 Å². The summed E-state index contributed by atoms with van der Waals surface area (Å²) in [6.45, 7) is 0. The summed E-state index contributed by atoms with van der Waals surface area (Å²) < 4.78 is 7.52. The molecule has 0 atom stereocenters.